The number of hydrogen-bond donors (Lipinski definition) is 6. The summed E-state index contributed by atoms with van der Waals surface area (Å²) in [5.74, 6) is -0.168. The van der Waals surface area contributed by atoms with Crippen LogP contribution in [0.5, 0.6) is 0 Å². The van der Waals surface area contributed by atoms with E-state index in [4.69, 9.17) is 9.47 Å². The molecule has 1 fully saturated rings. The van der Waals surface area contributed by atoms with Gasteiger partial charge in [0.25, 0.3) is 0 Å². The van der Waals surface area contributed by atoms with Gasteiger partial charge in [-0.25, -0.2) is 0 Å². The van der Waals surface area contributed by atoms with Gasteiger partial charge in [0.2, 0.25) is 5.91 Å². The van der Waals surface area contributed by atoms with Crippen molar-refractivity contribution in [2.45, 2.75) is 391 Å². The summed E-state index contributed by atoms with van der Waals surface area (Å²) < 4.78 is 11.3. The molecule has 9 heteroatoms. The van der Waals surface area contributed by atoms with Crippen molar-refractivity contribution in [1.82, 2.24) is 5.32 Å². The van der Waals surface area contributed by atoms with E-state index in [1.54, 1.807) is 6.08 Å². The molecule has 7 unspecified atom stereocenters. The van der Waals surface area contributed by atoms with Crippen LogP contribution < -0.4 is 5.32 Å². The lowest BCUT2D eigenvalue weighted by molar-refractivity contribution is -0.302. The summed E-state index contributed by atoms with van der Waals surface area (Å²) in [6.07, 6.45) is 64.6. The number of nitrogens with one attached hydrogen (secondary N) is 1. The average Bonchev–Trinajstić information content (AvgIpc) is 3.41. The molecule has 7 atom stereocenters. The minimum atomic E-state index is -1.56. The SMILES string of the molecule is CCCCCCCCCCCCCCCCCCCC/C=C/C(O)C(COC1OC(CO)C(O)C(O)C1O)NC(=O)CCCCCCCCCCCCCCCCCCCCCCCCCCCCCCCCCC. The van der Waals surface area contributed by atoms with E-state index in [1.165, 1.54) is 289 Å². The summed E-state index contributed by atoms with van der Waals surface area (Å²) in [7, 11) is 0. The van der Waals surface area contributed by atoms with Crippen LogP contribution in [-0.4, -0.2) is 87.5 Å². The molecule has 9 nitrogen and oxygen atoms in total. The highest BCUT2D eigenvalue weighted by Gasteiger charge is 2.44. The van der Waals surface area contributed by atoms with Crippen molar-refractivity contribution in [2.75, 3.05) is 13.2 Å². The number of aliphatic hydroxyl groups excluding tert-OH is 5. The van der Waals surface area contributed by atoms with E-state index in [-0.39, 0.29) is 12.5 Å². The first-order valence-corrected chi connectivity index (χ1v) is 33.4. The second kappa shape index (κ2) is 56.2. The number of amides is 1. The van der Waals surface area contributed by atoms with Crippen LogP contribution in [0.3, 0.4) is 0 Å². The topological polar surface area (TPSA) is 149 Å². The molecule has 0 spiro atoms. The van der Waals surface area contributed by atoms with Crippen LogP contribution in [0.1, 0.15) is 348 Å². The standard InChI is InChI=1S/C66H129NO8/c1-3-5-7-9-11-13-15-17-19-21-23-25-26-27-28-29-30-31-32-33-34-35-36-38-40-42-44-46-48-50-52-54-56-62(70)67-59(58-74-66-65(73)64(72)63(71)61(57-68)75-66)60(69)55-53-51-49-47-45-43-41-39-37-24-22-20-18-16-14-12-10-8-6-4-2/h53,55,59-61,63-66,68-69,71-73H,3-52,54,56-58H2,1-2H3,(H,67,70)/b55-53+. The molecule has 0 radical (unpaired) electrons. The maximum atomic E-state index is 13.1. The summed E-state index contributed by atoms with van der Waals surface area (Å²) in [5, 5.41) is 54.7. The molecule has 0 aromatic rings. The summed E-state index contributed by atoms with van der Waals surface area (Å²) in [6.45, 7) is 3.84. The van der Waals surface area contributed by atoms with Gasteiger partial charge in [-0.05, 0) is 19.3 Å². The Kier molecular flexibility index (Phi) is 53.9. The van der Waals surface area contributed by atoms with Gasteiger partial charge in [0, 0.05) is 6.42 Å². The lowest BCUT2D eigenvalue weighted by Crippen LogP contribution is -2.60. The van der Waals surface area contributed by atoms with Crippen LogP contribution in [0.2, 0.25) is 0 Å². The smallest absolute Gasteiger partial charge is 0.220 e. The second-order valence-electron chi connectivity index (χ2n) is 23.6. The predicted octanol–water partition coefficient (Wildman–Crippen LogP) is 17.5. The molecule has 0 bridgehead atoms. The van der Waals surface area contributed by atoms with Gasteiger partial charge in [-0.3, -0.25) is 4.79 Å². The Morgan fingerprint density at radius 1 is 0.440 bits per heavy atom. The van der Waals surface area contributed by atoms with Gasteiger partial charge in [0.1, 0.15) is 24.4 Å². The van der Waals surface area contributed by atoms with Crippen molar-refractivity contribution >= 4 is 5.91 Å². The molecular formula is C66H129NO8. The maximum Gasteiger partial charge on any atom is 0.220 e. The summed E-state index contributed by atoms with van der Waals surface area (Å²) in [4.78, 5) is 13.1. The normalized spacial score (nSPS) is 18.8. The molecule has 1 saturated heterocycles. The van der Waals surface area contributed by atoms with E-state index in [2.05, 4.69) is 19.2 Å². The Hall–Kier alpha value is -1.07. The van der Waals surface area contributed by atoms with Crippen molar-refractivity contribution in [3.05, 3.63) is 12.2 Å². The average molecular weight is 1060 g/mol. The first-order valence-electron chi connectivity index (χ1n) is 33.4. The van der Waals surface area contributed by atoms with E-state index in [0.717, 1.165) is 38.5 Å². The van der Waals surface area contributed by atoms with Gasteiger partial charge in [0.05, 0.1) is 25.4 Å². The molecule has 75 heavy (non-hydrogen) atoms. The third-order valence-corrected chi connectivity index (χ3v) is 16.4. The van der Waals surface area contributed by atoms with E-state index >= 15 is 0 Å². The number of hydrogen-bond acceptors (Lipinski definition) is 8. The summed E-state index contributed by atoms with van der Waals surface area (Å²) in [5.41, 5.74) is 0. The number of carbonyl (C=O) groups is 1. The number of aliphatic hydroxyl groups is 5. The van der Waals surface area contributed by atoms with Crippen LogP contribution >= 0.6 is 0 Å². The Morgan fingerprint density at radius 3 is 1.04 bits per heavy atom. The Bertz CT molecular complexity index is 1190. The summed E-state index contributed by atoms with van der Waals surface area (Å²) >= 11 is 0. The fraction of sp³-hybridized carbons (Fsp3) is 0.955. The summed E-state index contributed by atoms with van der Waals surface area (Å²) in [6, 6.07) is -0.801. The Labute approximate surface area is 465 Å². The largest absolute Gasteiger partial charge is 0.394 e. The molecule has 1 aliphatic heterocycles. The molecule has 1 rings (SSSR count). The van der Waals surface area contributed by atoms with Crippen LogP contribution in [-0.2, 0) is 14.3 Å². The number of rotatable bonds is 59. The van der Waals surface area contributed by atoms with Crippen molar-refractivity contribution < 1.29 is 39.8 Å². The molecule has 1 heterocycles. The lowest BCUT2D eigenvalue weighted by atomic mass is 9.99. The van der Waals surface area contributed by atoms with Gasteiger partial charge in [-0.1, -0.05) is 334 Å². The third kappa shape index (κ3) is 45.4. The van der Waals surface area contributed by atoms with Gasteiger partial charge in [0.15, 0.2) is 6.29 Å². The number of allylic oxidation sites excluding steroid dienone is 1. The Balaban J connectivity index is 2.11. The zero-order valence-electron chi connectivity index (χ0n) is 49.8. The molecular weight excluding hydrogens is 935 g/mol. The van der Waals surface area contributed by atoms with Crippen molar-refractivity contribution in [1.29, 1.82) is 0 Å². The van der Waals surface area contributed by atoms with Crippen LogP contribution in [0, 0.1) is 0 Å². The minimum absolute atomic E-state index is 0.168. The van der Waals surface area contributed by atoms with E-state index in [9.17, 15) is 30.3 Å². The number of ether oxygens (including phenoxy) is 2. The molecule has 1 amide bonds. The molecule has 0 aromatic heterocycles. The Morgan fingerprint density at radius 2 is 0.733 bits per heavy atom. The minimum Gasteiger partial charge on any atom is -0.394 e. The van der Waals surface area contributed by atoms with Gasteiger partial charge in [-0.15, -0.1) is 0 Å². The predicted molar refractivity (Wildman–Crippen MR) is 318 cm³/mol. The monoisotopic (exact) mass is 1060 g/mol. The number of carbonyl (C=O) groups excluding carboxylic acids is 1. The fourth-order valence-electron chi connectivity index (χ4n) is 11.1. The maximum absolute atomic E-state index is 13.1. The van der Waals surface area contributed by atoms with Crippen molar-refractivity contribution in [2.24, 2.45) is 0 Å². The molecule has 446 valence electrons. The van der Waals surface area contributed by atoms with Crippen molar-refractivity contribution in [3.8, 4) is 0 Å². The highest BCUT2D eigenvalue weighted by Crippen LogP contribution is 2.23. The van der Waals surface area contributed by atoms with Gasteiger partial charge in [-0.2, -0.15) is 0 Å². The second-order valence-corrected chi connectivity index (χ2v) is 23.6. The van der Waals surface area contributed by atoms with Crippen LogP contribution in [0.4, 0.5) is 0 Å². The van der Waals surface area contributed by atoms with Gasteiger partial charge < -0.3 is 40.3 Å². The van der Waals surface area contributed by atoms with Crippen LogP contribution in [0.15, 0.2) is 12.2 Å². The highest BCUT2D eigenvalue weighted by atomic mass is 16.7. The first-order chi connectivity index (χ1) is 36.8. The van der Waals surface area contributed by atoms with Gasteiger partial charge >= 0.3 is 0 Å². The quantitative estimate of drug-likeness (QED) is 0.0261. The lowest BCUT2D eigenvalue weighted by Gasteiger charge is -2.40. The van der Waals surface area contributed by atoms with E-state index in [1.807, 2.05) is 6.08 Å². The molecule has 0 aliphatic carbocycles. The zero-order chi connectivity index (χ0) is 54.3. The fourth-order valence-corrected chi connectivity index (χ4v) is 11.1. The third-order valence-electron chi connectivity index (χ3n) is 16.4. The van der Waals surface area contributed by atoms with Crippen molar-refractivity contribution in [3.63, 3.8) is 0 Å². The molecule has 0 aromatic carbocycles. The zero-order valence-corrected chi connectivity index (χ0v) is 49.8. The number of unbranched alkanes of at least 4 members (excludes halogenated alkanes) is 49. The molecule has 0 saturated carbocycles. The van der Waals surface area contributed by atoms with E-state index in [0.29, 0.717) is 6.42 Å². The van der Waals surface area contributed by atoms with Crippen LogP contribution in [0.25, 0.3) is 0 Å². The highest BCUT2D eigenvalue weighted by molar-refractivity contribution is 5.76. The molecule has 6 N–H and O–H groups in total. The van der Waals surface area contributed by atoms with E-state index < -0.39 is 49.5 Å². The molecule has 1 aliphatic rings. The first kappa shape index (κ1) is 71.9.